The number of halogens is 1. The maximum atomic E-state index is 12.9. The van der Waals surface area contributed by atoms with Crippen LogP contribution in [0.2, 0.25) is 5.02 Å². The first-order valence-corrected chi connectivity index (χ1v) is 10.4. The number of nitrogens with zero attached hydrogens (tertiary/aromatic N) is 2. The molecule has 3 aromatic carbocycles. The molecule has 0 aliphatic heterocycles. The summed E-state index contributed by atoms with van der Waals surface area (Å²) < 4.78 is 28.1. The number of anilines is 2. The molecule has 0 aliphatic carbocycles. The van der Waals surface area contributed by atoms with Gasteiger partial charge in [-0.2, -0.15) is 5.10 Å². The van der Waals surface area contributed by atoms with E-state index >= 15 is 0 Å². The van der Waals surface area contributed by atoms with E-state index in [9.17, 15) is 28.7 Å². The van der Waals surface area contributed by atoms with Crippen molar-refractivity contribution in [3.63, 3.8) is 0 Å². The average molecular weight is 463 g/mol. The highest BCUT2D eigenvalue weighted by atomic mass is 35.5. The van der Waals surface area contributed by atoms with Crippen molar-refractivity contribution in [2.75, 3.05) is 10.1 Å². The fourth-order valence-electron chi connectivity index (χ4n) is 2.48. The Labute approximate surface area is 181 Å². The molecule has 0 aliphatic rings. The monoisotopic (exact) mass is 462 g/mol. The maximum Gasteiger partial charge on any atom is 0.270 e. The van der Waals surface area contributed by atoms with E-state index in [0.717, 1.165) is 18.2 Å². The molecular weight excluding hydrogens is 448 g/mol. The lowest BCUT2D eigenvalue weighted by molar-refractivity contribution is -0.385. The summed E-state index contributed by atoms with van der Waals surface area (Å²) in [6, 6.07) is 12.9. The van der Waals surface area contributed by atoms with Gasteiger partial charge in [0.25, 0.3) is 15.7 Å². The Balaban J connectivity index is 1.94. The molecule has 0 unspecified atom stereocenters. The SMILES string of the molecule is O=[N+]([O-])c1ccc(N/N=C/c2ccc(O)cc2O)c(S(=O)(=O)Nc2ccc(Cl)cc2)c1. The summed E-state index contributed by atoms with van der Waals surface area (Å²) in [5.74, 6) is -0.383. The molecule has 0 amide bonds. The molecule has 31 heavy (non-hydrogen) atoms. The third-order valence-corrected chi connectivity index (χ3v) is 5.64. The molecule has 0 saturated carbocycles. The van der Waals surface area contributed by atoms with Gasteiger partial charge >= 0.3 is 0 Å². The number of aromatic hydroxyl groups is 2. The number of nitro groups is 1. The minimum atomic E-state index is -4.24. The Kier molecular flexibility index (Phi) is 6.28. The number of phenolic OH excluding ortho intramolecular Hbond substituents is 2. The zero-order chi connectivity index (χ0) is 22.6. The van der Waals surface area contributed by atoms with Crippen molar-refractivity contribution in [3.05, 3.63) is 81.4 Å². The van der Waals surface area contributed by atoms with E-state index in [0.29, 0.717) is 5.02 Å². The average Bonchev–Trinajstić information content (AvgIpc) is 2.71. The van der Waals surface area contributed by atoms with Crippen molar-refractivity contribution in [2.45, 2.75) is 4.90 Å². The second-order valence-electron chi connectivity index (χ2n) is 6.16. The Morgan fingerprint density at radius 2 is 1.74 bits per heavy atom. The molecule has 0 radical (unpaired) electrons. The summed E-state index contributed by atoms with van der Waals surface area (Å²) in [4.78, 5) is 10.00. The van der Waals surface area contributed by atoms with Crippen LogP contribution in [0.3, 0.4) is 0 Å². The van der Waals surface area contributed by atoms with Crippen LogP contribution in [0.5, 0.6) is 11.5 Å². The van der Waals surface area contributed by atoms with Gasteiger partial charge in [-0.25, -0.2) is 8.42 Å². The smallest absolute Gasteiger partial charge is 0.270 e. The molecule has 3 aromatic rings. The number of sulfonamides is 1. The van der Waals surface area contributed by atoms with Gasteiger partial charge in [-0.1, -0.05) is 11.6 Å². The van der Waals surface area contributed by atoms with Crippen LogP contribution < -0.4 is 10.1 Å². The van der Waals surface area contributed by atoms with Crippen LogP contribution in [0.25, 0.3) is 0 Å². The van der Waals surface area contributed by atoms with Crippen LogP contribution in [-0.2, 0) is 10.0 Å². The molecule has 3 rings (SSSR count). The van der Waals surface area contributed by atoms with Gasteiger partial charge in [0, 0.05) is 34.5 Å². The fourth-order valence-corrected chi connectivity index (χ4v) is 3.84. The van der Waals surface area contributed by atoms with E-state index in [4.69, 9.17) is 11.6 Å². The van der Waals surface area contributed by atoms with E-state index in [-0.39, 0.29) is 28.4 Å². The predicted molar refractivity (Wildman–Crippen MR) is 116 cm³/mol. The minimum absolute atomic E-state index is 0.0402. The normalized spacial score (nSPS) is 11.4. The highest BCUT2D eigenvalue weighted by Crippen LogP contribution is 2.29. The fraction of sp³-hybridized carbons (Fsp3) is 0. The summed E-state index contributed by atoms with van der Waals surface area (Å²) in [5, 5.41) is 34.5. The standard InChI is InChI=1S/C19H15ClN4O6S/c20-13-2-4-14(5-3-13)23-31(29,30)19-9-15(24(27)28)6-8-17(19)22-21-11-12-1-7-16(25)10-18(12)26/h1-11,22-23,25-26H/b21-11+. The van der Waals surface area contributed by atoms with Crippen LogP contribution in [0.1, 0.15) is 5.56 Å². The summed E-state index contributed by atoms with van der Waals surface area (Å²) >= 11 is 5.80. The molecule has 0 atom stereocenters. The molecule has 0 saturated heterocycles. The predicted octanol–water partition coefficient (Wildman–Crippen LogP) is 3.91. The van der Waals surface area contributed by atoms with Gasteiger partial charge in [0.15, 0.2) is 0 Å². The number of hydrogen-bond acceptors (Lipinski definition) is 8. The first-order valence-electron chi connectivity index (χ1n) is 8.53. The molecular formula is C19H15ClN4O6S. The largest absolute Gasteiger partial charge is 0.508 e. The Bertz CT molecular complexity index is 1260. The van der Waals surface area contributed by atoms with Gasteiger partial charge in [0.1, 0.15) is 16.4 Å². The van der Waals surface area contributed by atoms with E-state index in [1.54, 1.807) is 0 Å². The molecule has 4 N–H and O–H groups in total. The van der Waals surface area contributed by atoms with Gasteiger partial charge in [0.05, 0.1) is 16.8 Å². The lowest BCUT2D eigenvalue weighted by Crippen LogP contribution is -2.15. The summed E-state index contributed by atoms with van der Waals surface area (Å²) in [5.41, 5.74) is 2.49. The summed E-state index contributed by atoms with van der Waals surface area (Å²) in [6.07, 6.45) is 1.19. The second-order valence-corrected chi connectivity index (χ2v) is 8.25. The van der Waals surface area contributed by atoms with Crippen LogP contribution >= 0.6 is 11.6 Å². The number of hydrazone groups is 1. The van der Waals surface area contributed by atoms with E-state index in [2.05, 4.69) is 15.2 Å². The van der Waals surface area contributed by atoms with Crippen molar-refractivity contribution in [3.8, 4) is 11.5 Å². The van der Waals surface area contributed by atoms with Crippen molar-refractivity contribution in [1.29, 1.82) is 0 Å². The van der Waals surface area contributed by atoms with E-state index in [1.165, 1.54) is 48.7 Å². The minimum Gasteiger partial charge on any atom is -0.508 e. The molecule has 160 valence electrons. The third-order valence-electron chi connectivity index (χ3n) is 3.96. The molecule has 10 nitrogen and oxygen atoms in total. The first-order chi connectivity index (χ1) is 14.7. The van der Waals surface area contributed by atoms with Crippen molar-refractivity contribution in [1.82, 2.24) is 0 Å². The van der Waals surface area contributed by atoms with E-state index < -0.39 is 25.5 Å². The van der Waals surface area contributed by atoms with Crippen LogP contribution in [0.4, 0.5) is 17.1 Å². The lowest BCUT2D eigenvalue weighted by atomic mass is 10.2. The van der Waals surface area contributed by atoms with Crippen molar-refractivity contribution < 1.29 is 23.6 Å². The number of nitrogens with one attached hydrogen (secondary N) is 2. The van der Waals surface area contributed by atoms with Crippen LogP contribution in [-0.4, -0.2) is 29.8 Å². The van der Waals surface area contributed by atoms with Gasteiger partial charge in [-0.3, -0.25) is 20.3 Å². The van der Waals surface area contributed by atoms with Gasteiger partial charge in [0.2, 0.25) is 0 Å². The lowest BCUT2D eigenvalue weighted by Gasteiger charge is -2.12. The second kappa shape index (κ2) is 8.90. The van der Waals surface area contributed by atoms with Crippen molar-refractivity contribution >= 4 is 44.9 Å². The number of benzene rings is 3. The molecule has 0 aromatic heterocycles. The van der Waals surface area contributed by atoms with Crippen LogP contribution in [0, 0.1) is 10.1 Å². The number of nitro benzene ring substituents is 1. The summed E-state index contributed by atoms with van der Waals surface area (Å²) in [7, 11) is -4.24. The number of rotatable bonds is 7. The van der Waals surface area contributed by atoms with Crippen molar-refractivity contribution in [2.24, 2.45) is 5.10 Å². The van der Waals surface area contributed by atoms with Crippen LogP contribution in [0.15, 0.2) is 70.7 Å². The summed E-state index contributed by atoms with van der Waals surface area (Å²) in [6.45, 7) is 0. The Morgan fingerprint density at radius 1 is 1.03 bits per heavy atom. The molecule has 0 heterocycles. The zero-order valence-electron chi connectivity index (χ0n) is 15.6. The quantitative estimate of drug-likeness (QED) is 0.236. The topological polar surface area (TPSA) is 154 Å². The highest BCUT2D eigenvalue weighted by Gasteiger charge is 2.22. The molecule has 0 spiro atoms. The highest BCUT2D eigenvalue weighted by molar-refractivity contribution is 7.92. The Morgan fingerprint density at radius 3 is 2.39 bits per heavy atom. The molecule has 0 fully saturated rings. The first kappa shape index (κ1) is 21.9. The maximum absolute atomic E-state index is 12.9. The van der Waals surface area contributed by atoms with Gasteiger partial charge in [-0.05, 0) is 42.5 Å². The number of phenols is 2. The van der Waals surface area contributed by atoms with Gasteiger partial charge < -0.3 is 10.2 Å². The van der Waals surface area contributed by atoms with Gasteiger partial charge in [-0.15, -0.1) is 0 Å². The third kappa shape index (κ3) is 5.41. The molecule has 12 heteroatoms. The van der Waals surface area contributed by atoms with E-state index in [1.807, 2.05) is 0 Å². The number of hydrogen-bond donors (Lipinski definition) is 4. The number of non-ortho nitro benzene ring substituents is 1. The molecule has 0 bridgehead atoms. The zero-order valence-corrected chi connectivity index (χ0v) is 17.1. The Hall–Kier alpha value is -3.83.